The van der Waals surface area contributed by atoms with Crippen molar-refractivity contribution in [2.24, 2.45) is 0 Å². The Morgan fingerprint density at radius 3 is 1.82 bits per heavy atom. The molecule has 0 amide bonds. The molecule has 0 saturated heterocycles. The molecule has 0 atom stereocenters. The fourth-order valence-corrected chi connectivity index (χ4v) is 2.66. The van der Waals surface area contributed by atoms with Crippen LogP contribution in [0.15, 0.2) is 53.8 Å². The first kappa shape index (κ1) is 42.5. The summed E-state index contributed by atoms with van der Waals surface area (Å²) in [6.07, 6.45) is 4.42. The number of ether oxygens (including phenoxy) is 1. The number of rotatable bonds is 8. The van der Waals surface area contributed by atoms with Crippen LogP contribution >= 0.6 is 8.38 Å². The molecular formula is C29H57O4P. The molecule has 0 unspecified atom stereocenters. The van der Waals surface area contributed by atoms with Crippen LogP contribution in [0.25, 0.3) is 0 Å². The van der Waals surface area contributed by atoms with Crippen LogP contribution < -0.4 is 0 Å². The maximum absolute atomic E-state index is 9.94. The summed E-state index contributed by atoms with van der Waals surface area (Å²) >= 11 is 0. The Morgan fingerprint density at radius 1 is 0.971 bits per heavy atom. The van der Waals surface area contributed by atoms with Gasteiger partial charge in [-0.25, -0.2) is 0 Å². The zero-order chi connectivity index (χ0) is 28.3. The molecule has 0 fully saturated rings. The standard InChI is InChI=1S/C19H27O4P.5C2H6/c1-6-17(14(4)9-15(5)23-12-24(21)22)10-16-7-8-19(20)18(11-16)13(2)3;5*1-2/h6-9,11,13,20-22H,5,10,12H2,1-4H3;5*1-2H3/b14-9-,17-6-;;;;;. The van der Waals surface area contributed by atoms with E-state index in [1.165, 1.54) is 0 Å². The smallest absolute Gasteiger partial charge is 0.205 e. The zero-order valence-electron chi connectivity index (χ0n) is 24.8. The van der Waals surface area contributed by atoms with Crippen LogP contribution in [0.1, 0.15) is 114 Å². The molecule has 0 radical (unpaired) electrons. The van der Waals surface area contributed by atoms with E-state index in [0.717, 1.165) is 28.7 Å². The van der Waals surface area contributed by atoms with Gasteiger partial charge in [-0.15, -0.1) is 0 Å². The molecule has 202 valence electrons. The third kappa shape index (κ3) is 22.2. The van der Waals surface area contributed by atoms with Gasteiger partial charge in [-0.2, -0.15) is 0 Å². The third-order valence-electron chi connectivity index (χ3n) is 3.71. The Bertz CT molecular complexity index is 633. The third-order valence-corrected chi connectivity index (χ3v) is 4.07. The van der Waals surface area contributed by atoms with Gasteiger partial charge in [0.2, 0.25) is 8.38 Å². The van der Waals surface area contributed by atoms with E-state index in [9.17, 15) is 5.11 Å². The highest BCUT2D eigenvalue weighted by molar-refractivity contribution is 7.44. The molecule has 0 saturated carbocycles. The summed E-state index contributed by atoms with van der Waals surface area (Å²) in [5.74, 6) is 0.987. The fourth-order valence-electron chi connectivity index (χ4n) is 2.38. The van der Waals surface area contributed by atoms with Crippen molar-refractivity contribution in [1.82, 2.24) is 0 Å². The van der Waals surface area contributed by atoms with E-state index < -0.39 is 8.38 Å². The van der Waals surface area contributed by atoms with Crippen LogP contribution in [-0.2, 0) is 11.2 Å². The summed E-state index contributed by atoms with van der Waals surface area (Å²) in [7, 11) is -2.08. The molecule has 3 N–H and O–H groups in total. The number of hydrogen-bond acceptors (Lipinski definition) is 4. The molecule has 34 heavy (non-hydrogen) atoms. The first-order valence-electron chi connectivity index (χ1n) is 12.9. The molecule has 5 heteroatoms. The van der Waals surface area contributed by atoms with Gasteiger partial charge in [0.1, 0.15) is 11.5 Å². The van der Waals surface area contributed by atoms with E-state index >= 15 is 0 Å². The lowest BCUT2D eigenvalue weighted by Gasteiger charge is -2.13. The van der Waals surface area contributed by atoms with Gasteiger partial charge in [0.15, 0.2) is 6.35 Å². The second-order valence-electron chi connectivity index (χ2n) is 5.98. The first-order valence-corrected chi connectivity index (χ1v) is 14.3. The number of phenolic OH excluding ortho intramolecular Hbond substituents is 1. The molecule has 0 aromatic heterocycles. The highest BCUT2D eigenvalue weighted by Gasteiger charge is 2.09. The van der Waals surface area contributed by atoms with Crippen molar-refractivity contribution >= 4 is 8.38 Å². The van der Waals surface area contributed by atoms with Crippen LogP contribution in [0, 0.1) is 0 Å². The largest absolute Gasteiger partial charge is 0.508 e. The quantitative estimate of drug-likeness (QED) is 0.189. The predicted molar refractivity (Wildman–Crippen MR) is 157 cm³/mol. The van der Waals surface area contributed by atoms with Gasteiger partial charge in [-0.1, -0.05) is 108 Å². The van der Waals surface area contributed by atoms with Gasteiger partial charge in [-0.3, -0.25) is 0 Å². The van der Waals surface area contributed by atoms with Crippen molar-refractivity contribution in [2.45, 2.75) is 109 Å². The second kappa shape index (κ2) is 31.4. The zero-order valence-corrected chi connectivity index (χ0v) is 25.7. The second-order valence-corrected chi connectivity index (χ2v) is 6.98. The Balaban J connectivity index is -0.000000247. The van der Waals surface area contributed by atoms with Crippen LogP contribution in [0.5, 0.6) is 5.75 Å². The molecule has 0 aliphatic heterocycles. The SMILES string of the molecule is C=C(/C=C(C)\C(=C/C)Cc1ccc(O)c(C(C)C)c1)OCP(O)O.CC.CC.CC.CC.CC. The molecule has 0 aliphatic rings. The predicted octanol–water partition coefficient (Wildman–Crippen LogP) is 9.87. The van der Waals surface area contributed by atoms with Crippen molar-refractivity contribution in [2.75, 3.05) is 6.35 Å². The van der Waals surface area contributed by atoms with Crippen LogP contribution in [-0.4, -0.2) is 21.2 Å². The van der Waals surface area contributed by atoms with E-state index in [2.05, 4.69) is 20.4 Å². The van der Waals surface area contributed by atoms with Crippen molar-refractivity contribution in [3.63, 3.8) is 0 Å². The van der Waals surface area contributed by atoms with Crippen LogP contribution in [0.3, 0.4) is 0 Å². The van der Waals surface area contributed by atoms with Gasteiger partial charge in [-0.05, 0) is 60.6 Å². The average Bonchev–Trinajstić information content (AvgIpc) is 2.88. The van der Waals surface area contributed by atoms with Crippen LogP contribution in [0.2, 0.25) is 0 Å². The molecular weight excluding hydrogens is 443 g/mol. The first-order chi connectivity index (χ1) is 16.2. The summed E-state index contributed by atoms with van der Waals surface area (Å²) in [5, 5.41) is 9.94. The molecule has 4 nitrogen and oxygen atoms in total. The van der Waals surface area contributed by atoms with Gasteiger partial charge in [0.05, 0.1) is 0 Å². The molecule has 1 aromatic carbocycles. The molecule has 1 rings (SSSR count). The van der Waals surface area contributed by atoms with Crippen molar-refractivity contribution < 1.29 is 19.6 Å². The normalized spacial score (nSPS) is 9.94. The van der Waals surface area contributed by atoms with Gasteiger partial charge >= 0.3 is 0 Å². The Morgan fingerprint density at radius 2 is 1.44 bits per heavy atom. The lowest BCUT2D eigenvalue weighted by molar-refractivity contribution is 0.263. The summed E-state index contributed by atoms with van der Waals surface area (Å²) in [6, 6.07) is 5.70. The van der Waals surface area contributed by atoms with Crippen molar-refractivity contribution in [3.8, 4) is 5.75 Å². The van der Waals surface area contributed by atoms with Crippen LogP contribution in [0.4, 0.5) is 0 Å². The highest BCUT2D eigenvalue weighted by Crippen LogP contribution is 2.28. The fraction of sp³-hybridized carbons (Fsp3) is 0.586. The summed E-state index contributed by atoms with van der Waals surface area (Å²) < 4.78 is 5.18. The number of allylic oxidation sites excluding steroid dienone is 4. The van der Waals surface area contributed by atoms with E-state index in [0.29, 0.717) is 11.5 Å². The molecule has 0 bridgehead atoms. The Kier molecular flexibility index (Phi) is 39.3. The van der Waals surface area contributed by atoms with Gasteiger partial charge in [0.25, 0.3) is 0 Å². The topological polar surface area (TPSA) is 69.9 Å². The number of phenols is 1. The van der Waals surface area contributed by atoms with E-state index in [4.69, 9.17) is 14.5 Å². The summed E-state index contributed by atoms with van der Waals surface area (Å²) in [4.78, 5) is 17.8. The molecule has 0 spiro atoms. The highest BCUT2D eigenvalue weighted by atomic mass is 31.2. The lowest BCUT2D eigenvalue weighted by atomic mass is 9.94. The average molecular weight is 501 g/mol. The molecule has 0 heterocycles. The van der Waals surface area contributed by atoms with E-state index in [-0.39, 0.29) is 12.3 Å². The molecule has 0 aliphatic carbocycles. The van der Waals surface area contributed by atoms with Crippen molar-refractivity contribution in [1.29, 1.82) is 0 Å². The van der Waals surface area contributed by atoms with E-state index in [1.807, 2.05) is 101 Å². The van der Waals surface area contributed by atoms with E-state index in [1.54, 1.807) is 12.1 Å². The minimum Gasteiger partial charge on any atom is -0.508 e. The summed E-state index contributed by atoms with van der Waals surface area (Å²) in [6.45, 7) is 31.8. The van der Waals surface area contributed by atoms with Gasteiger partial charge in [0, 0.05) is 0 Å². The maximum Gasteiger partial charge on any atom is 0.205 e. The number of hydrogen-bond donors (Lipinski definition) is 3. The number of aromatic hydroxyl groups is 1. The number of benzene rings is 1. The minimum absolute atomic E-state index is 0.140. The van der Waals surface area contributed by atoms with Gasteiger partial charge < -0.3 is 19.6 Å². The Hall–Kier alpha value is -1.61. The molecule has 1 aromatic rings. The minimum atomic E-state index is -2.08. The Labute approximate surface area is 214 Å². The maximum atomic E-state index is 9.94. The lowest BCUT2D eigenvalue weighted by Crippen LogP contribution is -1.97. The van der Waals surface area contributed by atoms with Crippen molar-refractivity contribution in [3.05, 3.63) is 65.0 Å². The monoisotopic (exact) mass is 500 g/mol. The summed E-state index contributed by atoms with van der Waals surface area (Å²) in [5.41, 5.74) is 4.19.